The molecule has 0 atom stereocenters. The van der Waals surface area contributed by atoms with Gasteiger partial charge in [0, 0.05) is 0 Å². The first-order chi connectivity index (χ1) is 11.3. The van der Waals surface area contributed by atoms with Gasteiger partial charge in [-0.3, -0.25) is 0 Å². The van der Waals surface area contributed by atoms with Crippen molar-refractivity contribution in [2.24, 2.45) is 5.92 Å². The highest BCUT2D eigenvalue weighted by atomic mass is 16.5. The predicted molar refractivity (Wildman–Crippen MR) is 92.5 cm³/mol. The standard InChI is InChI=1S/C20H23NO2/c1-23-20(22)19-4-2-3-18(14-19)17-7-5-15(6-8-17)13-16-9-11-21-12-10-16/h2-8,14,16,21H,9-13H2,1H3. The van der Waals surface area contributed by atoms with E-state index in [1.54, 1.807) is 6.07 Å². The van der Waals surface area contributed by atoms with Crippen LogP contribution in [0.2, 0.25) is 0 Å². The fraction of sp³-hybridized carbons (Fsp3) is 0.350. The fourth-order valence-electron chi connectivity index (χ4n) is 3.20. The number of piperidine rings is 1. The number of benzene rings is 2. The minimum absolute atomic E-state index is 0.297. The lowest BCUT2D eigenvalue weighted by Gasteiger charge is -2.22. The van der Waals surface area contributed by atoms with Crippen LogP contribution in [0.25, 0.3) is 11.1 Å². The minimum Gasteiger partial charge on any atom is -0.465 e. The molecule has 0 saturated carbocycles. The average molecular weight is 309 g/mol. The molecule has 2 aromatic carbocycles. The van der Waals surface area contributed by atoms with Crippen molar-refractivity contribution in [3.63, 3.8) is 0 Å². The molecule has 1 saturated heterocycles. The Balaban J connectivity index is 1.72. The molecule has 0 bridgehead atoms. The Morgan fingerprint density at radius 1 is 1.09 bits per heavy atom. The van der Waals surface area contributed by atoms with Gasteiger partial charge in [0.2, 0.25) is 0 Å². The summed E-state index contributed by atoms with van der Waals surface area (Å²) in [6.07, 6.45) is 3.69. The summed E-state index contributed by atoms with van der Waals surface area (Å²) in [5, 5.41) is 3.41. The van der Waals surface area contributed by atoms with Crippen molar-refractivity contribution in [2.75, 3.05) is 20.2 Å². The van der Waals surface area contributed by atoms with Gasteiger partial charge in [-0.05, 0) is 67.1 Å². The molecule has 1 N–H and O–H groups in total. The van der Waals surface area contributed by atoms with Gasteiger partial charge in [-0.2, -0.15) is 0 Å². The zero-order valence-corrected chi connectivity index (χ0v) is 13.5. The maximum absolute atomic E-state index is 11.6. The molecule has 0 radical (unpaired) electrons. The molecule has 3 heteroatoms. The van der Waals surface area contributed by atoms with Gasteiger partial charge in [0.05, 0.1) is 12.7 Å². The lowest BCUT2D eigenvalue weighted by molar-refractivity contribution is 0.0601. The van der Waals surface area contributed by atoms with Gasteiger partial charge in [-0.25, -0.2) is 4.79 Å². The van der Waals surface area contributed by atoms with Crippen molar-refractivity contribution >= 4 is 5.97 Å². The first-order valence-corrected chi connectivity index (χ1v) is 8.24. The van der Waals surface area contributed by atoms with E-state index in [4.69, 9.17) is 4.74 Å². The van der Waals surface area contributed by atoms with E-state index in [1.807, 2.05) is 18.2 Å². The van der Waals surface area contributed by atoms with Gasteiger partial charge in [0.25, 0.3) is 0 Å². The molecule has 23 heavy (non-hydrogen) atoms. The molecule has 0 spiro atoms. The molecule has 3 rings (SSSR count). The van der Waals surface area contributed by atoms with E-state index in [0.717, 1.165) is 36.6 Å². The average Bonchev–Trinajstić information content (AvgIpc) is 2.62. The van der Waals surface area contributed by atoms with Gasteiger partial charge in [-0.15, -0.1) is 0 Å². The SMILES string of the molecule is COC(=O)c1cccc(-c2ccc(CC3CCNCC3)cc2)c1. The highest BCUT2D eigenvalue weighted by Crippen LogP contribution is 2.23. The van der Waals surface area contributed by atoms with Crippen molar-refractivity contribution < 1.29 is 9.53 Å². The van der Waals surface area contributed by atoms with E-state index in [0.29, 0.717) is 5.56 Å². The number of rotatable bonds is 4. The smallest absolute Gasteiger partial charge is 0.337 e. The number of carbonyl (C=O) groups is 1. The van der Waals surface area contributed by atoms with Gasteiger partial charge < -0.3 is 10.1 Å². The van der Waals surface area contributed by atoms with Gasteiger partial charge in [0.1, 0.15) is 0 Å². The molecule has 2 aromatic rings. The molecule has 0 aliphatic carbocycles. The lowest BCUT2D eigenvalue weighted by atomic mass is 9.90. The molecule has 1 heterocycles. The topological polar surface area (TPSA) is 38.3 Å². The maximum Gasteiger partial charge on any atom is 0.337 e. The normalized spacial score (nSPS) is 15.3. The Labute approximate surface area is 137 Å². The van der Waals surface area contributed by atoms with Crippen molar-refractivity contribution in [1.29, 1.82) is 0 Å². The van der Waals surface area contributed by atoms with Crippen molar-refractivity contribution in [1.82, 2.24) is 5.32 Å². The van der Waals surface area contributed by atoms with Crippen molar-refractivity contribution in [3.05, 3.63) is 59.7 Å². The largest absolute Gasteiger partial charge is 0.465 e. The van der Waals surface area contributed by atoms with Crippen molar-refractivity contribution in [3.8, 4) is 11.1 Å². The van der Waals surface area contributed by atoms with E-state index in [9.17, 15) is 4.79 Å². The third-order valence-corrected chi connectivity index (χ3v) is 4.55. The number of hydrogen-bond acceptors (Lipinski definition) is 3. The summed E-state index contributed by atoms with van der Waals surface area (Å²) in [4.78, 5) is 11.6. The summed E-state index contributed by atoms with van der Waals surface area (Å²) >= 11 is 0. The van der Waals surface area contributed by atoms with Crippen LogP contribution in [0.1, 0.15) is 28.8 Å². The Morgan fingerprint density at radius 3 is 2.52 bits per heavy atom. The van der Waals surface area contributed by atoms with Crippen LogP contribution in [0, 0.1) is 5.92 Å². The van der Waals surface area contributed by atoms with Crippen LogP contribution in [0.15, 0.2) is 48.5 Å². The Morgan fingerprint density at radius 2 is 1.83 bits per heavy atom. The molecule has 120 valence electrons. The summed E-state index contributed by atoms with van der Waals surface area (Å²) in [5.74, 6) is 0.499. The molecular formula is C20H23NO2. The number of ether oxygens (including phenoxy) is 1. The molecular weight excluding hydrogens is 286 g/mol. The number of hydrogen-bond donors (Lipinski definition) is 1. The van der Waals surface area contributed by atoms with Crippen LogP contribution < -0.4 is 5.32 Å². The zero-order valence-electron chi connectivity index (χ0n) is 13.5. The Kier molecular flexibility index (Phi) is 5.09. The van der Waals surface area contributed by atoms with E-state index >= 15 is 0 Å². The van der Waals surface area contributed by atoms with E-state index in [-0.39, 0.29) is 5.97 Å². The van der Waals surface area contributed by atoms with Crippen LogP contribution in [0.3, 0.4) is 0 Å². The highest BCUT2D eigenvalue weighted by molar-refractivity contribution is 5.90. The first kappa shape index (κ1) is 15.8. The zero-order chi connectivity index (χ0) is 16.1. The summed E-state index contributed by atoms with van der Waals surface area (Å²) in [6.45, 7) is 2.28. The quantitative estimate of drug-likeness (QED) is 0.876. The minimum atomic E-state index is -0.297. The van der Waals surface area contributed by atoms with E-state index in [1.165, 1.54) is 25.5 Å². The molecule has 1 aliphatic heterocycles. The van der Waals surface area contributed by atoms with Crippen LogP contribution in [-0.4, -0.2) is 26.2 Å². The number of esters is 1. The molecule has 0 amide bonds. The van der Waals surface area contributed by atoms with E-state index in [2.05, 4.69) is 29.6 Å². The summed E-state index contributed by atoms with van der Waals surface area (Å²) < 4.78 is 4.79. The summed E-state index contributed by atoms with van der Waals surface area (Å²) in [6, 6.07) is 16.3. The second-order valence-corrected chi connectivity index (χ2v) is 6.17. The third-order valence-electron chi connectivity index (χ3n) is 4.55. The second kappa shape index (κ2) is 7.42. The van der Waals surface area contributed by atoms with Gasteiger partial charge in [-0.1, -0.05) is 36.4 Å². The number of methoxy groups -OCH3 is 1. The Bertz CT molecular complexity index is 658. The number of carbonyl (C=O) groups excluding carboxylic acids is 1. The molecule has 1 fully saturated rings. The highest BCUT2D eigenvalue weighted by Gasteiger charge is 2.13. The Hall–Kier alpha value is -2.13. The van der Waals surface area contributed by atoms with Crippen LogP contribution in [0.5, 0.6) is 0 Å². The maximum atomic E-state index is 11.6. The molecule has 0 aromatic heterocycles. The number of nitrogens with one attached hydrogen (secondary N) is 1. The molecule has 0 unspecified atom stereocenters. The predicted octanol–water partition coefficient (Wildman–Crippen LogP) is 3.68. The van der Waals surface area contributed by atoms with Crippen molar-refractivity contribution in [2.45, 2.75) is 19.3 Å². The summed E-state index contributed by atoms with van der Waals surface area (Å²) in [7, 11) is 1.41. The van der Waals surface area contributed by atoms with Crippen LogP contribution >= 0.6 is 0 Å². The third kappa shape index (κ3) is 3.99. The lowest BCUT2D eigenvalue weighted by Crippen LogP contribution is -2.28. The molecule has 1 aliphatic rings. The van der Waals surface area contributed by atoms with Crippen LogP contribution in [-0.2, 0) is 11.2 Å². The van der Waals surface area contributed by atoms with Gasteiger partial charge >= 0.3 is 5.97 Å². The van der Waals surface area contributed by atoms with Gasteiger partial charge in [0.15, 0.2) is 0 Å². The first-order valence-electron chi connectivity index (χ1n) is 8.24. The van der Waals surface area contributed by atoms with Crippen LogP contribution in [0.4, 0.5) is 0 Å². The fourth-order valence-corrected chi connectivity index (χ4v) is 3.20. The monoisotopic (exact) mass is 309 g/mol. The summed E-state index contributed by atoms with van der Waals surface area (Å²) in [5.41, 5.74) is 4.15. The second-order valence-electron chi connectivity index (χ2n) is 6.17. The molecule has 3 nitrogen and oxygen atoms in total. The van der Waals surface area contributed by atoms with E-state index < -0.39 is 0 Å².